The lowest BCUT2D eigenvalue weighted by atomic mass is 9.95. The number of benzene rings is 7. The van der Waals surface area contributed by atoms with Gasteiger partial charge in [-0.1, -0.05) is 85.0 Å². The van der Waals surface area contributed by atoms with Crippen molar-refractivity contribution in [2.45, 2.75) is 12.4 Å². The van der Waals surface area contributed by atoms with E-state index >= 15 is 0 Å². The van der Waals surface area contributed by atoms with Crippen molar-refractivity contribution in [3.8, 4) is 11.5 Å². The second-order valence-corrected chi connectivity index (χ2v) is 13.6. The number of anilines is 6. The first kappa shape index (κ1) is 41.0. The summed E-state index contributed by atoms with van der Waals surface area (Å²) in [5, 5.41) is 0. The third kappa shape index (κ3) is 9.56. The van der Waals surface area contributed by atoms with E-state index in [0.717, 1.165) is 46.3 Å². The lowest BCUT2D eigenvalue weighted by Gasteiger charge is -2.25. The molecule has 0 spiro atoms. The molecule has 7 aromatic rings. The molecule has 0 saturated heterocycles. The molecular weight excluding hydrogens is 775 g/mol. The summed E-state index contributed by atoms with van der Waals surface area (Å²) in [6.45, 7) is 0. The Morgan fingerprint density at radius 2 is 0.650 bits per heavy atom. The van der Waals surface area contributed by atoms with Crippen LogP contribution in [0, 0.1) is 0 Å². The van der Waals surface area contributed by atoms with E-state index in [2.05, 4.69) is 0 Å². The van der Waals surface area contributed by atoms with Crippen molar-refractivity contribution < 1.29 is 35.8 Å². The molecule has 0 fully saturated rings. The van der Waals surface area contributed by atoms with Crippen molar-refractivity contribution >= 4 is 58.4 Å². The Morgan fingerprint density at radius 3 is 0.933 bits per heavy atom. The van der Waals surface area contributed by atoms with E-state index in [1.807, 2.05) is 119 Å². The van der Waals surface area contributed by atoms with Gasteiger partial charge in [-0.05, 0) is 131 Å². The summed E-state index contributed by atoms with van der Waals surface area (Å²) in [5.41, 5.74) is 2.32. The molecule has 10 heteroatoms. The van der Waals surface area contributed by atoms with E-state index in [1.165, 1.54) is 12.2 Å². The van der Waals surface area contributed by atoms with E-state index in [-0.39, 0.29) is 0 Å². The smallest absolute Gasteiger partial charge is 0.417 e. The maximum absolute atomic E-state index is 14.5. The van der Waals surface area contributed by atoms with Gasteiger partial charge < -0.3 is 19.3 Å². The highest BCUT2D eigenvalue weighted by Crippen LogP contribution is 2.41. The van der Waals surface area contributed by atoms with Crippen molar-refractivity contribution in [1.29, 1.82) is 0 Å². The average Bonchev–Trinajstić information content (AvgIpc) is 3.26. The predicted molar refractivity (Wildman–Crippen MR) is 230 cm³/mol. The Hall–Kier alpha value is -7.20. The lowest BCUT2D eigenvalue weighted by molar-refractivity contribution is -0.141. The standard InChI is InChI=1S/C50H38F6N2O2/c1-59-45-29-25-43(26-30-45)57(39-9-5-3-6-10-39)41-21-15-35(16-22-41)13-19-37-33-48(50(54,55)56)38(34-47(37)49(51,52)53)20-14-36-17-23-42(24-18-36)58(40-11-7-4-8-12-40)44-27-31-46(60-2)32-28-44/h3-34H,1-2H3. The normalized spacial score (nSPS) is 11.9. The zero-order valence-corrected chi connectivity index (χ0v) is 32.5. The molecule has 0 aliphatic rings. The number of methoxy groups -OCH3 is 2. The molecule has 0 amide bonds. The minimum Gasteiger partial charge on any atom is -0.497 e. The van der Waals surface area contributed by atoms with Gasteiger partial charge in [0.2, 0.25) is 0 Å². The molecule has 60 heavy (non-hydrogen) atoms. The minimum absolute atomic E-state index is 0.494. The fourth-order valence-corrected chi connectivity index (χ4v) is 6.75. The van der Waals surface area contributed by atoms with E-state index in [9.17, 15) is 26.3 Å². The summed E-state index contributed by atoms with van der Waals surface area (Å²) in [6.07, 6.45) is -4.99. The molecule has 302 valence electrons. The van der Waals surface area contributed by atoms with Crippen LogP contribution < -0.4 is 19.3 Å². The van der Waals surface area contributed by atoms with Gasteiger partial charge in [0.25, 0.3) is 0 Å². The van der Waals surface area contributed by atoms with E-state index in [1.54, 1.807) is 62.8 Å². The summed E-state index contributed by atoms with van der Waals surface area (Å²) >= 11 is 0. The monoisotopic (exact) mass is 812 g/mol. The van der Waals surface area contributed by atoms with Crippen molar-refractivity contribution in [2.75, 3.05) is 24.0 Å². The average molecular weight is 813 g/mol. The third-order valence-electron chi connectivity index (χ3n) is 9.74. The predicted octanol–water partition coefficient (Wildman–Crippen LogP) is 15.0. The molecule has 0 unspecified atom stereocenters. The highest BCUT2D eigenvalue weighted by Gasteiger charge is 2.38. The van der Waals surface area contributed by atoms with Gasteiger partial charge in [-0.2, -0.15) is 26.3 Å². The Balaban J connectivity index is 1.17. The summed E-state index contributed by atoms with van der Waals surface area (Å²) in [6, 6.07) is 49.2. The zero-order chi connectivity index (χ0) is 42.3. The maximum atomic E-state index is 14.5. The highest BCUT2D eigenvalue weighted by atomic mass is 19.4. The molecule has 0 aliphatic carbocycles. The van der Waals surface area contributed by atoms with E-state index < -0.39 is 34.6 Å². The van der Waals surface area contributed by atoms with Crippen LogP contribution in [0.1, 0.15) is 33.4 Å². The number of para-hydroxylation sites is 2. The van der Waals surface area contributed by atoms with Gasteiger partial charge in [0.1, 0.15) is 11.5 Å². The zero-order valence-electron chi connectivity index (χ0n) is 32.5. The Bertz CT molecular complexity index is 2370. The van der Waals surface area contributed by atoms with E-state index in [4.69, 9.17) is 9.47 Å². The Kier molecular flexibility index (Phi) is 12.1. The minimum atomic E-state index is -4.94. The van der Waals surface area contributed by atoms with Crippen molar-refractivity contribution in [3.63, 3.8) is 0 Å². The van der Waals surface area contributed by atoms with Crippen LogP contribution in [-0.4, -0.2) is 14.2 Å². The van der Waals surface area contributed by atoms with Crippen molar-refractivity contribution in [1.82, 2.24) is 0 Å². The van der Waals surface area contributed by atoms with Gasteiger partial charge in [0.15, 0.2) is 0 Å². The molecule has 4 nitrogen and oxygen atoms in total. The Morgan fingerprint density at radius 1 is 0.367 bits per heavy atom. The van der Waals surface area contributed by atoms with Crippen LogP contribution in [0.3, 0.4) is 0 Å². The van der Waals surface area contributed by atoms with Crippen LogP contribution in [0.15, 0.2) is 170 Å². The number of alkyl halides is 6. The quantitative estimate of drug-likeness (QED) is 0.0906. The molecule has 0 atom stereocenters. The summed E-state index contributed by atoms with van der Waals surface area (Å²) in [7, 11) is 3.16. The fourth-order valence-electron chi connectivity index (χ4n) is 6.75. The SMILES string of the molecule is COc1ccc(N(c2ccccc2)c2ccc(C=Cc3cc(C(F)(F)F)c(C=Cc4ccc(N(c5ccccc5)c5ccc(OC)cc5)cc4)cc3C(F)(F)F)cc2)cc1. The number of hydrogen-bond acceptors (Lipinski definition) is 4. The van der Waals surface area contributed by atoms with Gasteiger partial charge in [-0.3, -0.25) is 0 Å². The first-order chi connectivity index (χ1) is 28.9. The van der Waals surface area contributed by atoms with Crippen LogP contribution >= 0.6 is 0 Å². The molecule has 0 aromatic heterocycles. The molecule has 0 saturated carbocycles. The largest absolute Gasteiger partial charge is 0.497 e. The van der Waals surface area contributed by atoms with Gasteiger partial charge in [0.05, 0.1) is 25.3 Å². The first-order valence-corrected chi connectivity index (χ1v) is 18.8. The Labute approximate surface area is 344 Å². The third-order valence-corrected chi connectivity index (χ3v) is 9.74. The molecule has 0 aliphatic heterocycles. The molecule has 0 radical (unpaired) electrons. The summed E-state index contributed by atoms with van der Waals surface area (Å²) in [5.74, 6) is 1.37. The maximum Gasteiger partial charge on any atom is 0.417 e. The van der Waals surface area contributed by atoms with E-state index in [0.29, 0.717) is 34.8 Å². The van der Waals surface area contributed by atoms with Crippen molar-refractivity contribution in [2.24, 2.45) is 0 Å². The lowest BCUT2D eigenvalue weighted by Crippen LogP contribution is -2.13. The van der Waals surface area contributed by atoms with Crippen molar-refractivity contribution in [3.05, 3.63) is 203 Å². The second-order valence-electron chi connectivity index (χ2n) is 13.6. The van der Waals surface area contributed by atoms with Gasteiger partial charge in [-0.15, -0.1) is 0 Å². The van der Waals surface area contributed by atoms with Crippen LogP contribution in [0.5, 0.6) is 11.5 Å². The second kappa shape index (κ2) is 17.7. The number of rotatable bonds is 12. The number of halogens is 6. The summed E-state index contributed by atoms with van der Waals surface area (Å²) in [4.78, 5) is 3.99. The molecule has 0 heterocycles. The van der Waals surface area contributed by atoms with Gasteiger partial charge in [-0.25, -0.2) is 0 Å². The van der Waals surface area contributed by atoms with Crippen LogP contribution in [0.4, 0.5) is 60.5 Å². The molecule has 7 aromatic carbocycles. The topological polar surface area (TPSA) is 24.9 Å². The fraction of sp³-hybridized carbons (Fsp3) is 0.0800. The molecular formula is C50H38F6N2O2. The first-order valence-electron chi connectivity index (χ1n) is 18.8. The van der Waals surface area contributed by atoms with Crippen LogP contribution in [-0.2, 0) is 12.4 Å². The number of hydrogen-bond donors (Lipinski definition) is 0. The van der Waals surface area contributed by atoms with Gasteiger partial charge in [0, 0.05) is 34.1 Å². The number of nitrogens with zero attached hydrogens (tertiary/aromatic N) is 2. The molecule has 7 rings (SSSR count). The molecule has 0 bridgehead atoms. The highest BCUT2D eigenvalue weighted by molar-refractivity contribution is 5.81. The number of ether oxygens (including phenoxy) is 2. The van der Waals surface area contributed by atoms with Gasteiger partial charge >= 0.3 is 12.4 Å². The van der Waals surface area contributed by atoms with Crippen LogP contribution in [0.2, 0.25) is 0 Å². The van der Waals surface area contributed by atoms with Crippen LogP contribution in [0.25, 0.3) is 24.3 Å². The summed E-state index contributed by atoms with van der Waals surface area (Å²) < 4.78 is 97.8. The molecule has 0 N–H and O–H groups in total.